The van der Waals surface area contributed by atoms with Crippen LogP contribution in [-0.2, 0) is 6.42 Å². The third-order valence-corrected chi connectivity index (χ3v) is 2.39. The lowest BCUT2D eigenvalue weighted by Crippen LogP contribution is -2.10. The quantitative estimate of drug-likeness (QED) is 0.631. The lowest BCUT2D eigenvalue weighted by molar-refractivity contribution is 0.453. The summed E-state index contributed by atoms with van der Waals surface area (Å²) in [5.74, 6) is 7.67. The van der Waals surface area contributed by atoms with Crippen molar-refractivity contribution in [3.63, 3.8) is 0 Å². The lowest BCUT2D eigenvalue weighted by Gasteiger charge is -2.09. The number of ether oxygens (including phenoxy) is 1. The summed E-state index contributed by atoms with van der Waals surface area (Å²) in [6.07, 6.45) is 2.42. The SMILES string of the molecule is CCc1nc(NN)cc(Oc2cccnc2C)n1. The first kappa shape index (κ1) is 12.3. The Hall–Kier alpha value is -2.21. The van der Waals surface area contributed by atoms with Crippen LogP contribution in [0.4, 0.5) is 5.82 Å². The third-order valence-electron chi connectivity index (χ3n) is 2.39. The molecule has 0 aliphatic carbocycles. The normalized spacial score (nSPS) is 10.2. The summed E-state index contributed by atoms with van der Waals surface area (Å²) in [6, 6.07) is 5.30. The van der Waals surface area contributed by atoms with Crippen LogP contribution in [-0.4, -0.2) is 15.0 Å². The molecule has 0 unspecified atom stereocenters. The van der Waals surface area contributed by atoms with E-state index in [0.29, 0.717) is 29.7 Å². The van der Waals surface area contributed by atoms with Gasteiger partial charge < -0.3 is 10.2 Å². The van der Waals surface area contributed by atoms with Gasteiger partial charge in [0.15, 0.2) is 5.75 Å². The molecule has 18 heavy (non-hydrogen) atoms. The summed E-state index contributed by atoms with van der Waals surface area (Å²) in [4.78, 5) is 12.6. The molecule has 3 N–H and O–H groups in total. The van der Waals surface area contributed by atoms with E-state index >= 15 is 0 Å². The number of pyridine rings is 1. The van der Waals surface area contributed by atoms with Crippen molar-refractivity contribution in [2.75, 3.05) is 5.43 Å². The zero-order valence-electron chi connectivity index (χ0n) is 10.3. The van der Waals surface area contributed by atoms with Crippen molar-refractivity contribution in [1.82, 2.24) is 15.0 Å². The minimum Gasteiger partial charge on any atom is -0.437 e. The minimum absolute atomic E-state index is 0.450. The molecule has 6 nitrogen and oxygen atoms in total. The molecule has 6 heteroatoms. The first-order chi connectivity index (χ1) is 8.72. The van der Waals surface area contributed by atoms with Crippen molar-refractivity contribution in [3.8, 4) is 11.6 Å². The predicted octanol–water partition coefficient (Wildman–Crippen LogP) is 1.82. The number of nitrogens with zero attached hydrogens (tertiary/aromatic N) is 3. The second kappa shape index (κ2) is 5.42. The number of nitrogens with one attached hydrogen (secondary N) is 1. The van der Waals surface area contributed by atoms with Gasteiger partial charge in [0.1, 0.15) is 11.6 Å². The fraction of sp³-hybridized carbons (Fsp3) is 0.250. The molecule has 2 aromatic heterocycles. The first-order valence-electron chi connectivity index (χ1n) is 5.67. The largest absolute Gasteiger partial charge is 0.437 e. The fourth-order valence-corrected chi connectivity index (χ4v) is 1.45. The molecule has 0 atom stereocenters. The summed E-state index contributed by atoms with van der Waals surface area (Å²) < 4.78 is 5.68. The maximum atomic E-state index is 5.68. The van der Waals surface area contributed by atoms with Crippen LogP contribution in [0.2, 0.25) is 0 Å². The van der Waals surface area contributed by atoms with Crippen LogP contribution < -0.4 is 16.0 Å². The van der Waals surface area contributed by atoms with Crippen molar-refractivity contribution in [3.05, 3.63) is 35.9 Å². The van der Waals surface area contributed by atoms with E-state index in [9.17, 15) is 0 Å². The smallest absolute Gasteiger partial charge is 0.224 e. The second-order valence-electron chi connectivity index (χ2n) is 3.69. The number of aryl methyl sites for hydroxylation is 2. The molecule has 0 spiro atoms. The monoisotopic (exact) mass is 245 g/mol. The maximum absolute atomic E-state index is 5.68. The third kappa shape index (κ3) is 2.72. The highest BCUT2D eigenvalue weighted by Crippen LogP contribution is 2.23. The Labute approximate surface area is 105 Å². The zero-order chi connectivity index (χ0) is 13.0. The van der Waals surface area contributed by atoms with Crippen LogP contribution >= 0.6 is 0 Å². The van der Waals surface area contributed by atoms with Crippen LogP contribution in [0.1, 0.15) is 18.4 Å². The molecule has 0 radical (unpaired) electrons. The van der Waals surface area contributed by atoms with E-state index < -0.39 is 0 Å². The second-order valence-corrected chi connectivity index (χ2v) is 3.69. The average molecular weight is 245 g/mol. The molecular weight excluding hydrogens is 230 g/mol. The molecule has 2 rings (SSSR count). The van der Waals surface area contributed by atoms with Crippen molar-refractivity contribution in [1.29, 1.82) is 0 Å². The van der Waals surface area contributed by atoms with Gasteiger partial charge in [0.2, 0.25) is 5.88 Å². The first-order valence-corrected chi connectivity index (χ1v) is 5.67. The van der Waals surface area contributed by atoms with Gasteiger partial charge in [0.25, 0.3) is 0 Å². The lowest BCUT2D eigenvalue weighted by atomic mass is 10.3. The number of rotatable bonds is 4. The molecular formula is C12H15N5O. The van der Waals surface area contributed by atoms with Crippen LogP contribution in [0.3, 0.4) is 0 Å². The molecule has 2 aromatic rings. The van der Waals surface area contributed by atoms with Gasteiger partial charge in [-0.1, -0.05) is 6.92 Å². The highest BCUT2D eigenvalue weighted by Gasteiger charge is 2.06. The summed E-state index contributed by atoms with van der Waals surface area (Å²) >= 11 is 0. The average Bonchev–Trinajstić information content (AvgIpc) is 2.41. The van der Waals surface area contributed by atoms with E-state index in [2.05, 4.69) is 20.4 Å². The zero-order valence-corrected chi connectivity index (χ0v) is 10.3. The molecule has 0 saturated heterocycles. The molecule has 0 aromatic carbocycles. The van der Waals surface area contributed by atoms with E-state index in [1.54, 1.807) is 12.3 Å². The van der Waals surface area contributed by atoms with Gasteiger partial charge in [0, 0.05) is 18.7 Å². The summed E-state index contributed by atoms with van der Waals surface area (Å²) in [7, 11) is 0. The molecule has 0 bridgehead atoms. The Bertz CT molecular complexity index is 521. The number of hydrogen-bond donors (Lipinski definition) is 2. The highest BCUT2D eigenvalue weighted by molar-refractivity contribution is 5.39. The number of hydrogen-bond acceptors (Lipinski definition) is 6. The molecule has 0 saturated carbocycles. The molecule has 0 aliphatic rings. The Morgan fingerprint density at radius 3 is 2.89 bits per heavy atom. The van der Waals surface area contributed by atoms with Gasteiger partial charge in [-0.2, -0.15) is 4.98 Å². The van der Waals surface area contributed by atoms with Crippen molar-refractivity contribution < 1.29 is 4.74 Å². The van der Waals surface area contributed by atoms with Gasteiger partial charge in [-0.3, -0.25) is 4.98 Å². The topological polar surface area (TPSA) is 86.0 Å². The Morgan fingerprint density at radius 1 is 1.39 bits per heavy atom. The van der Waals surface area contributed by atoms with E-state index in [-0.39, 0.29) is 0 Å². The van der Waals surface area contributed by atoms with Crippen LogP contribution in [0.15, 0.2) is 24.4 Å². The number of nitrogen functional groups attached to an aromatic ring is 1. The van der Waals surface area contributed by atoms with E-state index in [1.165, 1.54) is 0 Å². The van der Waals surface area contributed by atoms with Crippen molar-refractivity contribution in [2.45, 2.75) is 20.3 Å². The molecule has 0 aliphatic heterocycles. The number of nitrogens with two attached hydrogens (primary N) is 1. The number of anilines is 1. The summed E-state index contributed by atoms with van der Waals surface area (Å²) in [5.41, 5.74) is 3.30. The molecule has 94 valence electrons. The van der Waals surface area contributed by atoms with E-state index in [4.69, 9.17) is 10.6 Å². The Balaban J connectivity index is 2.31. The molecule has 0 amide bonds. The number of hydrazine groups is 1. The molecule has 2 heterocycles. The Morgan fingerprint density at radius 2 is 2.22 bits per heavy atom. The van der Waals surface area contributed by atoms with Gasteiger partial charge in [-0.05, 0) is 19.1 Å². The molecule has 0 fully saturated rings. The van der Waals surface area contributed by atoms with Gasteiger partial charge in [-0.15, -0.1) is 0 Å². The maximum Gasteiger partial charge on any atom is 0.224 e. The highest BCUT2D eigenvalue weighted by atomic mass is 16.5. The summed E-state index contributed by atoms with van der Waals surface area (Å²) in [6.45, 7) is 3.84. The van der Waals surface area contributed by atoms with Crippen LogP contribution in [0, 0.1) is 6.92 Å². The van der Waals surface area contributed by atoms with Crippen LogP contribution in [0.5, 0.6) is 11.6 Å². The standard InChI is InChI=1S/C12H15N5O/c1-3-10-15-11(17-13)7-12(16-10)18-9-5-4-6-14-8(9)2/h4-7H,3,13H2,1-2H3,(H,15,16,17). The van der Waals surface area contributed by atoms with E-state index in [0.717, 1.165) is 5.69 Å². The van der Waals surface area contributed by atoms with Crippen LogP contribution in [0.25, 0.3) is 0 Å². The fourth-order valence-electron chi connectivity index (χ4n) is 1.45. The van der Waals surface area contributed by atoms with Crippen molar-refractivity contribution in [2.24, 2.45) is 5.84 Å². The van der Waals surface area contributed by atoms with Gasteiger partial charge in [0.05, 0.1) is 5.69 Å². The number of aromatic nitrogens is 3. The predicted molar refractivity (Wildman–Crippen MR) is 68.3 cm³/mol. The van der Waals surface area contributed by atoms with Crippen molar-refractivity contribution >= 4 is 5.82 Å². The minimum atomic E-state index is 0.450. The van der Waals surface area contributed by atoms with Gasteiger partial charge >= 0.3 is 0 Å². The Kier molecular flexibility index (Phi) is 3.69. The van der Waals surface area contributed by atoms with E-state index in [1.807, 2.05) is 26.0 Å². The van der Waals surface area contributed by atoms with Gasteiger partial charge in [-0.25, -0.2) is 10.8 Å². The summed E-state index contributed by atoms with van der Waals surface area (Å²) in [5, 5.41) is 0.